The number of likely N-dealkylation sites (tertiary alicyclic amines) is 1. The first-order valence-corrected chi connectivity index (χ1v) is 6.50. The van der Waals surface area contributed by atoms with Crippen molar-refractivity contribution in [2.75, 3.05) is 6.54 Å². The van der Waals surface area contributed by atoms with Crippen molar-refractivity contribution in [2.24, 2.45) is 0 Å². The standard InChI is InChI=1S/C12H18N4O2/c1-7(2)12-14-10(18-15-12)6-16-9-3-4-13-8(9)5-11(16)17/h7-9,13H,3-6H2,1-2H3/t8-,9-/m1/s1. The van der Waals surface area contributed by atoms with Crippen molar-refractivity contribution in [3.05, 3.63) is 11.7 Å². The Morgan fingerprint density at radius 1 is 1.56 bits per heavy atom. The van der Waals surface area contributed by atoms with Crippen LogP contribution < -0.4 is 5.32 Å². The van der Waals surface area contributed by atoms with E-state index in [4.69, 9.17) is 4.52 Å². The number of carbonyl (C=O) groups is 1. The lowest BCUT2D eigenvalue weighted by atomic mass is 10.1. The second-order valence-electron chi connectivity index (χ2n) is 5.34. The zero-order chi connectivity index (χ0) is 12.7. The smallest absolute Gasteiger partial charge is 0.246 e. The van der Waals surface area contributed by atoms with Gasteiger partial charge in [0, 0.05) is 24.4 Å². The molecule has 2 aliphatic heterocycles. The maximum atomic E-state index is 11.9. The van der Waals surface area contributed by atoms with Crippen LogP contribution in [-0.2, 0) is 11.3 Å². The summed E-state index contributed by atoms with van der Waals surface area (Å²) in [5, 5.41) is 7.29. The predicted octanol–water partition coefficient (Wildman–Crippen LogP) is 0.656. The minimum atomic E-state index is 0.182. The molecule has 0 radical (unpaired) electrons. The van der Waals surface area contributed by atoms with Gasteiger partial charge in [-0.1, -0.05) is 19.0 Å². The highest BCUT2D eigenvalue weighted by Gasteiger charge is 2.42. The second-order valence-corrected chi connectivity index (χ2v) is 5.34. The molecule has 6 heteroatoms. The van der Waals surface area contributed by atoms with Gasteiger partial charge in [-0.3, -0.25) is 4.79 Å². The molecule has 2 atom stereocenters. The van der Waals surface area contributed by atoms with Crippen LogP contribution in [0.3, 0.4) is 0 Å². The number of carbonyl (C=O) groups excluding carboxylic acids is 1. The monoisotopic (exact) mass is 250 g/mol. The van der Waals surface area contributed by atoms with Crippen LogP contribution in [0.5, 0.6) is 0 Å². The van der Waals surface area contributed by atoms with Crippen molar-refractivity contribution in [1.82, 2.24) is 20.4 Å². The van der Waals surface area contributed by atoms with Crippen LogP contribution in [0.1, 0.15) is 44.3 Å². The Kier molecular flexibility index (Phi) is 2.81. The van der Waals surface area contributed by atoms with Crippen molar-refractivity contribution < 1.29 is 9.32 Å². The van der Waals surface area contributed by atoms with Crippen molar-refractivity contribution in [3.8, 4) is 0 Å². The Morgan fingerprint density at radius 2 is 2.39 bits per heavy atom. The van der Waals surface area contributed by atoms with Crippen molar-refractivity contribution in [3.63, 3.8) is 0 Å². The number of nitrogens with one attached hydrogen (secondary N) is 1. The van der Waals surface area contributed by atoms with Crippen LogP contribution in [0.15, 0.2) is 4.52 Å². The minimum Gasteiger partial charge on any atom is -0.337 e. The van der Waals surface area contributed by atoms with Crippen molar-refractivity contribution in [1.29, 1.82) is 0 Å². The van der Waals surface area contributed by atoms with Crippen LogP contribution in [0.25, 0.3) is 0 Å². The fourth-order valence-electron chi connectivity index (χ4n) is 2.74. The normalized spacial score (nSPS) is 27.3. The molecule has 6 nitrogen and oxygen atoms in total. The van der Waals surface area contributed by atoms with E-state index in [9.17, 15) is 4.79 Å². The molecule has 0 spiro atoms. The first-order valence-electron chi connectivity index (χ1n) is 6.50. The Morgan fingerprint density at radius 3 is 3.11 bits per heavy atom. The van der Waals surface area contributed by atoms with E-state index in [1.165, 1.54) is 0 Å². The van der Waals surface area contributed by atoms with Crippen LogP contribution in [0.4, 0.5) is 0 Å². The maximum absolute atomic E-state index is 11.9. The third-order valence-electron chi connectivity index (χ3n) is 3.73. The number of hydrogen-bond acceptors (Lipinski definition) is 5. The van der Waals surface area contributed by atoms with E-state index in [0.29, 0.717) is 36.8 Å². The number of hydrogen-bond donors (Lipinski definition) is 1. The molecule has 18 heavy (non-hydrogen) atoms. The summed E-state index contributed by atoms with van der Waals surface area (Å²) in [6, 6.07) is 0.608. The SMILES string of the molecule is CC(C)c1noc(CN2C(=O)C[C@H]3NCC[C@H]32)n1. The topological polar surface area (TPSA) is 71.3 Å². The Hall–Kier alpha value is -1.43. The molecule has 98 valence electrons. The highest BCUT2D eigenvalue weighted by atomic mass is 16.5. The number of aromatic nitrogens is 2. The van der Waals surface area contributed by atoms with E-state index in [1.54, 1.807) is 0 Å². The summed E-state index contributed by atoms with van der Waals surface area (Å²) in [4.78, 5) is 18.1. The molecule has 1 N–H and O–H groups in total. The summed E-state index contributed by atoms with van der Waals surface area (Å²) in [6.07, 6.45) is 1.61. The summed E-state index contributed by atoms with van der Waals surface area (Å²) in [5.74, 6) is 1.68. The van der Waals surface area contributed by atoms with Crippen molar-refractivity contribution in [2.45, 2.75) is 51.2 Å². The van der Waals surface area contributed by atoms with Gasteiger partial charge in [0.1, 0.15) is 6.54 Å². The predicted molar refractivity (Wildman–Crippen MR) is 63.7 cm³/mol. The molecule has 0 aliphatic carbocycles. The number of amides is 1. The van der Waals surface area contributed by atoms with Gasteiger partial charge in [0.05, 0.1) is 0 Å². The number of fused-ring (bicyclic) bond motifs is 1. The molecule has 1 aromatic heterocycles. The lowest BCUT2D eigenvalue weighted by Crippen LogP contribution is -2.35. The molecule has 0 bridgehead atoms. The molecule has 3 rings (SSSR count). The average Bonchev–Trinajstić information content (AvgIpc) is 2.98. The maximum Gasteiger partial charge on any atom is 0.246 e. The summed E-state index contributed by atoms with van der Waals surface area (Å²) < 4.78 is 5.21. The fraction of sp³-hybridized carbons (Fsp3) is 0.750. The Balaban J connectivity index is 1.73. The minimum absolute atomic E-state index is 0.182. The van der Waals surface area contributed by atoms with Gasteiger partial charge in [-0.15, -0.1) is 0 Å². The van der Waals surface area contributed by atoms with Gasteiger partial charge in [-0.2, -0.15) is 4.98 Å². The van der Waals surface area contributed by atoms with Crippen LogP contribution in [-0.4, -0.2) is 39.6 Å². The Labute approximate surface area is 106 Å². The van der Waals surface area contributed by atoms with Gasteiger partial charge in [-0.25, -0.2) is 0 Å². The molecule has 2 saturated heterocycles. The van der Waals surface area contributed by atoms with Crippen molar-refractivity contribution >= 4 is 5.91 Å². The zero-order valence-corrected chi connectivity index (χ0v) is 10.7. The number of nitrogens with zero attached hydrogens (tertiary/aromatic N) is 3. The lowest BCUT2D eigenvalue weighted by molar-refractivity contribution is -0.129. The zero-order valence-electron chi connectivity index (χ0n) is 10.7. The molecular formula is C12H18N4O2. The molecule has 1 aromatic rings. The fourth-order valence-corrected chi connectivity index (χ4v) is 2.74. The van der Waals surface area contributed by atoms with Crippen LogP contribution in [0, 0.1) is 0 Å². The molecule has 0 aromatic carbocycles. The molecule has 2 fully saturated rings. The van der Waals surface area contributed by atoms with E-state index in [1.807, 2.05) is 18.7 Å². The van der Waals surface area contributed by atoms with E-state index >= 15 is 0 Å². The molecule has 3 heterocycles. The van der Waals surface area contributed by atoms with Gasteiger partial charge in [0.25, 0.3) is 0 Å². The first kappa shape index (κ1) is 11.6. The largest absolute Gasteiger partial charge is 0.337 e. The molecule has 0 saturated carbocycles. The first-order chi connectivity index (χ1) is 8.65. The summed E-state index contributed by atoms with van der Waals surface area (Å²) >= 11 is 0. The van der Waals surface area contributed by atoms with E-state index in [2.05, 4.69) is 15.5 Å². The molecule has 2 aliphatic rings. The average molecular weight is 250 g/mol. The molecule has 0 unspecified atom stereocenters. The van der Waals surface area contributed by atoms with Gasteiger partial charge in [0.2, 0.25) is 11.8 Å². The van der Waals surface area contributed by atoms with Gasteiger partial charge in [0.15, 0.2) is 5.82 Å². The second kappa shape index (κ2) is 4.35. The lowest BCUT2D eigenvalue weighted by Gasteiger charge is -2.21. The number of rotatable bonds is 3. The van der Waals surface area contributed by atoms with E-state index in [-0.39, 0.29) is 11.8 Å². The Bertz CT molecular complexity index is 457. The summed E-state index contributed by atoms with van der Waals surface area (Å²) in [7, 11) is 0. The van der Waals surface area contributed by atoms with E-state index in [0.717, 1.165) is 13.0 Å². The van der Waals surface area contributed by atoms with Gasteiger partial charge < -0.3 is 14.7 Å². The van der Waals surface area contributed by atoms with Crippen LogP contribution >= 0.6 is 0 Å². The molecule has 1 amide bonds. The van der Waals surface area contributed by atoms with E-state index < -0.39 is 0 Å². The van der Waals surface area contributed by atoms with Crippen LogP contribution in [0.2, 0.25) is 0 Å². The quantitative estimate of drug-likeness (QED) is 0.853. The highest BCUT2D eigenvalue weighted by Crippen LogP contribution is 2.27. The van der Waals surface area contributed by atoms with Gasteiger partial charge in [-0.05, 0) is 13.0 Å². The van der Waals surface area contributed by atoms with Gasteiger partial charge >= 0.3 is 0 Å². The third kappa shape index (κ3) is 1.90. The summed E-state index contributed by atoms with van der Waals surface area (Å²) in [6.45, 7) is 5.47. The molecular weight excluding hydrogens is 232 g/mol. The third-order valence-corrected chi connectivity index (χ3v) is 3.73. The summed E-state index contributed by atoms with van der Waals surface area (Å²) in [5.41, 5.74) is 0. The highest BCUT2D eigenvalue weighted by molar-refractivity contribution is 5.80.